The number of aliphatic hydroxyl groups excluding tert-OH is 1. The molecule has 1 aromatic rings. The molecule has 0 saturated carbocycles. The number of carbonyl (C=O) groups is 1. The Morgan fingerprint density at radius 1 is 1.20 bits per heavy atom. The molecular weight excluding hydrogens is 254 g/mol. The number of carbonyl (C=O) groups excluding carboxylic acids is 1. The van der Waals surface area contributed by atoms with Crippen molar-refractivity contribution < 1.29 is 14.6 Å². The lowest BCUT2D eigenvalue weighted by atomic mass is 9.94. The highest BCUT2D eigenvalue weighted by molar-refractivity contribution is 5.79. The average molecular weight is 275 g/mol. The summed E-state index contributed by atoms with van der Waals surface area (Å²) in [6.07, 6.45) is 2.69. The standard InChI is InChI=1S/C16H21NO3/c18-14-5-8-17(9-6-14)16(19)13-7-10-20-15-4-2-1-3-12(15)11-13/h1-4,13-14,18H,5-11H2/t13-/m0/s1. The molecule has 3 rings (SSSR count). The van der Waals surface area contributed by atoms with E-state index in [0.717, 1.165) is 24.2 Å². The normalized spacial score (nSPS) is 23.6. The molecule has 2 aliphatic heterocycles. The molecule has 0 unspecified atom stereocenters. The van der Waals surface area contributed by atoms with Crippen molar-refractivity contribution in [3.8, 4) is 5.75 Å². The van der Waals surface area contributed by atoms with E-state index in [1.807, 2.05) is 29.2 Å². The first-order valence-electron chi connectivity index (χ1n) is 7.41. The van der Waals surface area contributed by atoms with Crippen LogP contribution in [-0.2, 0) is 11.2 Å². The average Bonchev–Trinajstić information content (AvgIpc) is 2.69. The number of ether oxygens (including phenoxy) is 1. The van der Waals surface area contributed by atoms with Gasteiger partial charge in [-0.15, -0.1) is 0 Å². The third-order valence-electron chi connectivity index (χ3n) is 4.29. The van der Waals surface area contributed by atoms with Crippen molar-refractivity contribution in [3.63, 3.8) is 0 Å². The monoisotopic (exact) mass is 275 g/mol. The highest BCUT2D eigenvalue weighted by atomic mass is 16.5. The number of piperidine rings is 1. The van der Waals surface area contributed by atoms with Crippen molar-refractivity contribution >= 4 is 5.91 Å². The van der Waals surface area contributed by atoms with Crippen LogP contribution in [0.2, 0.25) is 0 Å². The van der Waals surface area contributed by atoms with E-state index in [9.17, 15) is 9.90 Å². The number of rotatable bonds is 1. The van der Waals surface area contributed by atoms with Gasteiger partial charge in [-0.1, -0.05) is 18.2 Å². The first kappa shape index (κ1) is 13.4. The Balaban J connectivity index is 1.69. The van der Waals surface area contributed by atoms with Crippen LogP contribution in [-0.4, -0.2) is 41.7 Å². The Hall–Kier alpha value is -1.55. The molecule has 4 nitrogen and oxygen atoms in total. The van der Waals surface area contributed by atoms with Gasteiger partial charge in [0.2, 0.25) is 5.91 Å². The molecule has 1 N–H and O–H groups in total. The van der Waals surface area contributed by atoms with E-state index in [4.69, 9.17) is 4.74 Å². The number of nitrogens with zero attached hydrogens (tertiary/aromatic N) is 1. The minimum absolute atomic E-state index is 0.00823. The van der Waals surface area contributed by atoms with E-state index in [1.165, 1.54) is 0 Å². The van der Waals surface area contributed by atoms with Crippen molar-refractivity contribution in [1.29, 1.82) is 0 Å². The Labute approximate surface area is 119 Å². The molecule has 108 valence electrons. The Morgan fingerprint density at radius 2 is 1.95 bits per heavy atom. The van der Waals surface area contributed by atoms with Crippen LogP contribution in [0.25, 0.3) is 0 Å². The zero-order valence-corrected chi connectivity index (χ0v) is 11.6. The van der Waals surface area contributed by atoms with Gasteiger partial charge in [0.05, 0.1) is 12.7 Å². The molecule has 20 heavy (non-hydrogen) atoms. The SMILES string of the molecule is O=C([C@H]1CCOc2ccccc2C1)N1CCC(O)CC1. The quantitative estimate of drug-likeness (QED) is 0.847. The number of benzene rings is 1. The molecule has 2 aliphatic rings. The summed E-state index contributed by atoms with van der Waals surface area (Å²) in [6.45, 7) is 1.96. The highest BCUT2D eigenvalue weighted by Gasteiger charge is 2.29. The summed E-state index contributed by atoms with van der Waals surface area (Å²) in [5, 5.41) is 9.54. The molecule has 0 bridgehead atoms. The fraction of sp³-hybridized carbons (Fsp3) is 0.562. The molecule has 1 amide bonds. The number of likely N-dealkylation sites (tertiary alicyclic amines) is 1. The summed E-state index contributed by atoms with van der Waals surface area (Å²) in [6, 6.07) is 7.97. The molecule has 1 aromatic carbocycles. The van der Waals surface area contributed by atoms with Crippen LogP contribution in [0.4, 0.5) is 0 Å². The van der Waals surface area contributed by atoms with Gasteiger partial charge >= 0.3 is 0 Å². The van der Waals surface area contributed by atoms with E-state index < -0.39 is 0 Å². The second-order valence-electron chi connectivity index (χ2n) is 5.70. The summed E-state index contributed by atoms with van der Waals surface area (Å²) in [5.41, 5.74) is 1.13. The van der Waals surface area contributed by atoms with Crippen LogP contribution >= 0.6 is 0 Å². The predicted molar refractivity (Wildman–Crippen MR) is 75.6 cm³/mol. The van der Waals surface area contributed by atoms with E-state index in [1.54, 1.807) is 0 Å². The second kappa shape index (κ2) is 5.83. The maximum atomic E-state index is 12.6. The zero-order chi connectivity index (χ0) is 13.9. The van der Waals surface area contributed by atoms with Gasteiger partial charge < -0.3 is 14.7 Å². The number of hydrogen-bond donors (Lipinski definition) is 1. The number of para-hydroxylation sites is 1. The van der Waals surface area contributed by atoms with Crippen LogP contribution in [0.1, 0.15) is 24.8 Å². The third kappa shape index (κ3) is 2.80. The van der Waals surface area contributed by atoms with E-state index >= 15 is 0 Å². The topological polar surface area (TPSA) is 49.8 Å². The lowest BCUT2D eigenvalue weighted by Crippen LogP contribution is -2.43. The summed E-state index contributed by atoms with van der Waals surface area (Å²) < 4.78 is 5.72. The van der Waals surface area contributed by atoms with Gasteiger partial charge in [-0.25, -0.2) is 0 Å². The minimum atomic E-state index is -0.239. The predicted octanol–water partition coefficient (Wildman–Crippen LogP) is 1.61. The van der Waals surface area contributed by atoms with Gasteiger partial charge in [0.25, 0.3) is 0 Å². The van der Waals surface area contributed by atoms with Crippen molar-refractivity contribution in [3.05, 3.63) is 29.8 Å². The van der Waals surface area contributed by atoms with Crippen LogP contribution in [0.5, 0.6) is 5.75 Å². The maximum Gasteiger partial charge on any atom is 0.226 e. The van der Waals surface area contributed by atoms with Crippen LogP contribution in [0, 0.1) is 5.92 Å². The van der Waals surface area contributed by atoms with Crippen molar-refractivity contribution in [1.82, 2.24) is 4.90 Å². The molecule has 1 atom stereocenters. The lowest BCUT2D eigenvalue weighted by Gasteiger charge is -2.32. The lowest BCUT2D eigenvalue weighted by molar-refractivity contribution is -0.137. The summed E-state index contributed by atoms with van der Waals surface area (Å²) in [4.78, 5) is 14.5. The van der Waals surface area contributed by atoms with Crippen LogP contribution in [0.15, 0.2) is 24.3 Å². The highest BCUT2D eigenvalue weighted by Crippen LogP contribution is 2.28. The van der Waals surface area contributed by atoms with Crippen LogP contribution < -0.4 is 4.74 Å². The number of amides is 1. The first-order valence-corrected chi connectivity index (χ1v) is 7.41. The molecule has 4 heteroatoms. The third-order valence-corrected chi connectivity index (χ3v) is 4.29. The Morgan fingerprint density at radius 3 is 2.75 bits per heavy atom. The molecule has 0 radical (unpaired) electrons. The van der Waals surface area contributed by atoms with Gasteiger partial charge in [0, 0.05) is 19.0 Å². The number of fused-ring (bicyclic) bond motifs is 1. The van der Waals surface area contributed by atoms with Gasteiger partial charge in [-0.05, 0) is 37.3 Å². The first-order chi connectivity index (χ1) is 9.74. The molecule has 0 aromatic heterocycles. The number of hydrogen-bond acceptors (Lipinski definition) is 3. The van der Waals surface area contributed by atoms with Crippen molar-refractivity contribution in [2.24, 2.45) is 5.92 Å². The minimum Gasteiger partial charge on any atom is -0.493 e. The molecule has 0 aliphatic carbocycles. The molecule has 2 heterocycles. The van der Waals surface area contributed by atoms with Crippen molar-refractivity contribution in [2.75, 3.05) is 19.7 Å². The number of aliphatic hydroxyl groups is 1. The molecule has 0 spiro atoms. The van der Waals surface area contributed by atoms with Crippen LogP contribution in [0.3, 0.4) is 0 Å². The fourth-order valence-corrected chi connectivity index (χ4v) is 3.05. The Kier molecular flexibility index (Phi) is 3.92. The summed E-state index contributed by atoms with van der Waals surface area (Å²) in [5.74, 6) is 1.14. The molecule has 1 saturated heterocycles. The van der Waals surface area contributed by atoms with Crippen molar-refractivity contribution in [2.45, 2.75) is 31.8 Å². The van der Waals surface area contributed by atoms with Gasteiger partial charge in [0.1, 0.15) is 5.75 Å². The zero-order valence-electron chi connectivity index (χ0n) is 11.6. The fourth-order valence-electron chi connectivity index (χ4n) is 3.05. The van der Waals surface area contributed by atoms with E-state index in [-0.39, 0.29) is 17.9 Å². The smallest absolute Gasteiger partial charge is 0.226 e. The Bertz CT molecular complexity index is 480. The van der Waals surface area contributed by atoms with E-state index in [0.29, 0.717) is 32.5 Å². The summed E-state index contributed by atoms with van der Waals surface area (Å²) >= 11 is 0. The molecule has 1 fully saturated rings. The second-order valence-corrected chi connectivity index (χ2v) is 5.70. The largest absolute Gasteiger partial charge is 0.493 e. The van der Waals surface area contributed by atoms with Gasteiger partial charge in [0.15, 0.2) is 0 Å². The van der Waals surface area contributed by atoms with Gasteiger partial charge in [-0.2, -0.15) is 0 Å². The van der Waals surface area contributed by atoms with Gasteiger partial charge in [-0.3, -0.25) is 4.79 Å². The maximum absolute atomic E-state index is 12.6. The van der Waals surface area contributed by atoms with E-state index in [2.05, 4.69) is 0 Å². The molecular formula is C16H21NO3. The summed E-state index contributed by atoms with van der Waals surface area (Å²) in [7, 11) is 0.